The zero-order valence-corrected chi connectivity index (χ0v) is 20.7. The third kappa shape index (κ3) is 7.21. The predicted octanol–water partition coefficient (Wildman–Crippen LogP) is 0.877. The van der Waals surface area contributed by atoms with E-state index in [2.05, 4.69) is 13.6 Å². The first kappa shape index (κ1) is 30.5. The normalized spacial score (nSPS) is 10.4. The minimum Gasteiger partial charge on any atom is -1.00 e. The summed E-state index contributed by atoms with van der Waals surface area (Å²) in [6, 6.07) is 13.4. The molecule has 39 heavy (non-hydrogen) atoms. The van der Waals surface area contributed by atoms with Crippen LogP contribution in [0.4, 0.5) is 0 Å². The van der Waals surface area contributed by atoms with Crippen LogP contribution in [0.3, 0.4) is 0 Å². The van der Waals surface area contributed by atoms with Gasteiger partial charge in [0.05, 0.1) is 33.4 Å². The van der Waals surface area contributed by atoms with Gasteiger partial charge in [0, 0.05) is 0 Å². The van der Waals surface area contributed by atoms with Crippen molar-refractivity contribution in [3.05, 3.63) is 106 Å². The van der Waals surface area contributed by atoms with Crippen LogP contribution in [0.2, 0.25) is 0 Å². The molecule has 0 unspecified atom stereocenters. The Bertz CT molecular complexity index is 1360. The second-order valence-electron chi connectivity index (χ2n) is 7.14. The molecule has 0 aromatic heterocycles. The molecule has 0 aliphatic carbocycles. The quantitative estimate of drug-likeness (QED) is 0.250. The van der Waals surface area contributed by atoms with E-state index in [0.29, 0.717) is 0 Å². The maximum atomic E-state index is 13.4. The second kappa shape index (κ2) is 12.7. The van der Waals surface area contributed by atoms with Gasteiger partial charge in [-0.1, -0.05) is 36.4 Å². The number of rotatable bonds is 9. The van der Waals surface area contributed by atoms with Crippen molar-refractivity contribution in [2.75, 3.05) is 0 Å². The number of phosphoric ester groups is 1. The van der Waals surface area contributed by atoms with Gasteiger partial charge in [0.1, 0.15) is 0 Å². The third-order valence-corrected chi connectivity index (χ3v) is 5.88. The van der Waals surface area contributed by atoms with Gasteiger partial charge in [-0.3, -0.25) is 0 Å². The van der Waals surface area contributed by atoms with Crippen molar-refractivity contribution in [3.8, 4) is 0 Å². The zero-order valence-electron chi connectivity index (χ0n) is 20.8. The summed E-state index contributed by atoms with van der Waals surface area (Å²) >= 11 is 0. The Kier molecular flexibility index (Phi) is 9.95. The maximum absolute atomic E-state index is 13.4. The fourth-order valence-electron chi connectivity index (χ4n) is 3.05. The van der Waals surface area contributed by atoms with Crippen LogP contribution in [0.5, 0.6) is 0 Å². The van der Waals surface area contributed by atoms with Gasteiger partial charge < -0.3 is 30.3 Å². The molecular weight excluding hydrogens is 534 g/mol. The van der Waals surface area contributed by atoms with E-state index < -0.39 is 77.0 Å². The molecule has 3 aromatic carbocycles. The standard InChI is InChI=1S/C24H15O13P.Li.H/c25-19(26)13-7-1-4-10-16(13)22(31)35-38(34,36-23(32)17-11-5-2-8-14(17)20(27)28)37-24(33)18-12-6-3-9-15(18)21(29)30;;/h1-12H,(H,25,26)(H,27,28)(H,29,30);;/q;+1;-1. The molecular formula is C24H16LiO13P. The first-order valence-corrected chi connectivity index (χ1v) is 11.7. The minimum absolute atomic E-state index is 0. The number of aromatic carboxylic acids is 3. The third-order valence-electron chi connectivity index (χ3n) is 4.72. The first-order chi connectivity index (χ1) is 17.9. The van der Waals surface area contributed by atoms with Crippen molar-refractivity contribution in [3.63, 3.8) is 0 Å². The summed E-state index contributed by atoms with van der Waals surface area (Å²) in [5.41, 5.74) is -3.80. The van der Waals surface area contributed by atoms with E-state index in [9.17, 15) is 48.7 Å². The number of phosphoric acid groups is 1. The number of hydrogen-bond donors (Lipinski definition) is 3. The number of carbonyl (C=O) groups is 6. The maximum Gasteiger partial charge on any atom is 1.00 e. The molecule has 0 radical (unpaired) electrons. The van der Waals surface area contributed by atoms with E-state index >= 15 is 0 Å². The molecule has 0 saturated heterocycles. The average Bonchev–Trinajstić information content (AvgIpc) is 2.88. The Morgan fingerprint density at radius 2 is 0.692 bits per heavy atom. The molecule has 0 amide bonds. The Balaban J connectivity index is 0.00000400. The summed E-state index contributed by atoms with van der Waals surface area (Å²) in [5, 5.41) is 27.9. The van der Waals surface area contributed by atoms with Crippen LogP contribution in [0.25, 0.3) is 0 Å². The summed E-state index contributed by atoms with van der Waals surface area (Å²) < 4.78 is 27.5. The monoisotopic (exact) mass is 550 g/mol. The van der Waals surface area contributed by atoms with Crippen molar-refractivity contribution in [1.29, 1.82) is 0 Å². The van der Waals surface area contributed by atoms with Crippen molar-refractivity contribution in [1.82, 2.24) is 0 Å². The van der Waals surface area contributed by atoms with E-state index in [4.69, 9.17) is 0 Å². The fraction of sp³-hybridized carbons (Fsp3) is 0. The SMILES string of the molecule is O=C(O)c1ccccc1C(=O)OP(=O)(OC(=O)c1ccccc1C(=O)O)OC(=O)c1ccccc1C(=O)O.[H-].[Li+]. The summed E-state index contributed by atoms with van der Waals surface area (Å²) in [7, 11) is -5.66. The molecule has 3 N–H and O–H groups in total. The van der Waals surface area contributed by atoms with Gasteiger partial charge in [-0.2, -0.15) is 4.57 Å². The van der Waals surface area contributed by atoms with Crippen LogP contribution in [0.15, 0.2) is 72.8 Å². The number of hydrogen-bond acceptors (Lipinski definition) is 10. The van der Waals surface area contributed by atoms with Gasteiger partial charge in [-0.25, -0.2) is 28.8 Å². The summed E-state index contributed by atoms with van der Waals surface area (Å²) in [6.07, 6.45) is 0. The van der Waals surface area contributed by atoms with Crippen LogP contribution in [-0.4, -0.2) is 51.1 Å². The molecule has 0 aliphatic heterocycles. The van der Waals surface area contributed by atoms with Gasteiger partial charge in [0.2, 0.25) is 0 Å². The van der Waals surface area contributed by atoms with Crippen molar-refractivity contribution >= 4 is 43.6 Å². The molecule has 3 rings (SSSR count). The van der Waals surface area contributed by atoms with E-state index in [1.807, 2.05) is 0 Å². The number of benzene rings is 3. The van der Waals surface area contributed by atoms with Crippen LogP contribution in [-0.2, 0) is 18.1 Å². The predicted molar refractivity (Wildman–Crippen MR) is 125 cm³/mol. The van der Waals surface area contributed by atoms with E-state index in [1.54, 1.807) is 0 Å². The number of carboxylic acids is 3. The summed E-state index contributed by atoms with van der Waals surface area (Å²) in [6.45, 7) is 0. The molecule has 0 heterocycles. The molecule has 0 atom stereocenters. The van der Waals surface area contributed by atoms with Crippen molar-refractivity contribution in [2.45, 2.75) is 0 Å². The van der Waals surface area contributed by atoms with E-state index in [1.165, 1.54) is 36.4 Å². The zero-order chi connectivity index (χ0) is 28.0. The molecule has 0 bridgehead atoms. The van der Waals surface area contributed by atoms with Crippen molar-refractivity contribution < 1.29 is 82.5 Å². The number of carbonyl (C=O) groups excluding carboxylic acids is 3. The molecule has 3 aromatic rings. The molecule has 0 saturated carbocycles. The fourth-order valence-corrected chi connectivity index (χ4v) is 4.07. The molecule has 0 spiro atoms. The van der Waals surface area contributed by atoms with Crippen LogP contribution in [0.1, 0.15) is 63.6 Å². The molecule has 0 aliphatic rings. The minimum atomic E-state index is -5.66. The van der Waals surface area contributed by atoms with Gasteiger partial charge in [-0.15, -0.1) is 0 Å². The Morgan fingerprint density at radius 1 is 0.487 bits per heavy atom. The average molecular weight is 550 g/mol. The van der Waals surface area contributed by atoms with Crippen LogP contribution < -0.4 is 18.9 Å². The Labute approximate surface area is 232 Å². The number of carboxylic acid groups (broad SMARTS) is 3. The molecule has 13 nitrogen and oxygen atoms in total. The van der Waals surface area contributed by atoms with Crippen LogP contribution >= 0.6 is 7.82 Å². The first-order valence-electron chi connectivity index (χ1n) is 10.2. The molecule has 196 valence electrons. The summed E-state index contributed by atoms with van der Waals surface area (Å²) in [4.78, 5) is 72.6. The van der Waals surface area contributed by atoms with Crippen molar-refractivity contribution in [2.24, 2.45) is 0 Å². The van der Waals surface area contributed by atoms with Gasteiger partial charge in [0.25, 0.3) is 0 Å². The largest absolute Gasteiger partial charge is 1.00 e. The van der Waals surface area contributed by atoms with Gasteiger partial charge in [0.15, 0.2) is 0 Å². The van der Waals surface area contributed by atoms with Gasteiger partial charge >= 0.3 is 62.5 Å². The smallest absolute Gasteiger partial charge is 1.00 e. The molecule has 0 fully saturated rings. The molecule has 15 heteroatoms. The van der Waals surface area contributed by atoms with E-state index in [0.717, 1.165) is 36.4 Å². The van der Waals surface area contributed by atoms with E-state index in [-0.39, 0.29) is 20.3 Å². The van der Waals surface area contributed by atoms with Gasteiger partial charge in [-0.05, 0) is 36.4 Å². The summed E-state index contributed by atoms with van der Waals surface area (Å²) in [5.74, 6) is -9.67. The second-order valence-corrected chi connectivity index (χ2v) is 8.58. The Hall–Kier alpha value is -4.69. The topological polar surface area (TPSA) is 208 Å². The van der Waals surface area contributed by atoms with Crippen LogP contribution in [0, 0.1) is 0 Å². The Morgan fingerprint density at radius 3 is 0.897 bits per heavy atom.